The van der Waals surface area contributed by atoms with Crippen molar-refractivity contribution < 1.29 is 9.13 Å². The fourth-order valence-electron chi connectivity index (χ4n) is 3.54. The number of nitrogens with one attached hydrogen (secondary N) is 2. The van der Waals surface area contributed by atoms with Gasteiger partial charge in [-0.25, -0.2) is 4.39 Å². The lowest BCUT2D eigenvalue weighted by Crippen LogP contribution is -2.46. The third-order valence-corrected chi connectivity index (χ3v) is 5.60. The molecule has 0 aliphatic carbocycles. The number of nitrogens with zero attached hydrogens (tertiary/aromatic N) is 3. The lowest BCUT2D eigenvalue weighted by atomic mass is 10.1. The summed E-state index contributed by atoms with van der Waals surface area (Å²) in [7, 11) is 0. The molecule has 154 valence electrons. The van der Waals surface area contributed by atoms with E-state index in [9.17, 15) is 4.39 Å². The highest BCUT2D eigenvalue weighted by Crippen LogP contribution is 2.22. The van der Waals surface area contributed by atoms with Crippen molar-refractivity contribution in [3.8, 4) is 0 Å². The zero-order chi connectivity index (χ0) is 19.9. The SMILES string of the molecule is CCN1CCN(c2ccc(/C(C)=N\NC(=S)NC[C@H]3CCCO3)cc2F)CC1. The van der Waals surface area contributed by atoms with Crippen LogP contribution in [0.3, 0.4) is 0 Å². The summed E-state index contributed by atoms with van der Waals surface area (Å²) >= 11 is 5.24. The number of halogens is 1. The quantitative estimate of drug-likeness (QED) is 0.429. The summed E-state index contributed by atoms with van der Waals surface area (Å²) in [6, 6.07) is 5.30. The van der Waals surface area contributed by atoms with Gasteiger partial charge in [0.05, 0.1) is 17.5 Å². The number of ether oxygens (including phenoxy) is 1. The second-order valence-electron chi connectivity index (χ2n) is 7.24. The average molecular weight is 408 g/mol. The van der Waals surface area contributed by atoms with Crippen molar-refractivity contribution in [1.82, 2.24) is 15.6 Å². The van der Waals surface area contributed by atoms with E-state index in [0.717, 1.165) is 57.7 Å². The maximum atomic E-state index is 14.7. The second-order valence-corrected chi connectivity index (χ2v) is 7.65. The first kappa shape index (κ1) is 21.0. The smallest absolute Gasteiger partial charge is 0.187 e. The van der Waals surface area contributed by atoms with Crippen LogP contribution < -0.4 is 15.6 Å². The molecule has 0 bridgehead atoms. The van der Waals surface area contributed by atoms with Gasteiger partial charge in [-0.1, -0.05) is 13.0 Å². The van der Waals surface area contributed by atoms with Crippen LogP contribution >= 0.6 is 12.2 Å². The molecule has 6 nitrogen and oxygen atoms in total. The Morgan fingerprint density at radius 1 is 1.32 bits per heavy atom. The molecule has 2 aliphatic rings. The maximum absolute atomic E-state index is 14.7. The monoisotopic (exact) mass is 407 g/mol. The van der Waals surface area contributed by atoms with E-state index >= 15 is 0 Å². The molecular weight excluding hydrogens is 377 g/mol. The van der Waals surface area contributed by atoms with Crippen LogP contribution in [-0.4, -0.2) is 67.7 Å². The molecular formula is C20H30FN5OS. The number of piperazine rings is 1. The van der Waals surface area contributed by atoms with Crippen molar-refractivity contribution in [1.29, 1.82) is 0 Å². The standard InChI is InChI=1S/C20H30FN5OS/c1-3-25-8-10-26(11-9-25)19-7-6-16(13-18(19)21)15(2)23-24-20(28)22-14-17-5-4-12-27-17/h6-7,13,17H,3-5,8-12,14H2,1-2H3,(H2,22,24,28)/b23-15-/t17-/m1/s1. The number of likely N-dealkylation sites (N-methyl/N-ethyl adjacent to an activating group) is 1. The highest BCUT2D eigenvalue weighted by Gasteiger charge is 2.19. The molecule has 2 saturated heterocycles. The molecule has 0 amide bonds. The van der Waals surface area contributed by atoms with Crippen molar-refractivity contribution >= 4 is 28.7 Å². The topological polar surface area (TPSA) is 52.1 Å². The van der Waals surface area contributed by atoms with E-state index in [2.05, 4.69) is 32.6 Å². The number of hydrogen-bond donors (Lipinski definition) is 2. The molecule has 0 aromatic heterocycles. The third kappa shape index (κ3) is 5.62. The summed E-state index contributed by atoms with van der Waals surface area (Å²) in [5.41, 5.74) is 4.91. The molecule has 8 heteroatoms. The number of rotatable bonds is 6. The van der Waals surface area contributed by atoms with Gasteiger partial charge < -0.3 is 19.9 Å². The highest BCUT2D eigenvalue weighted by atomic mass is 32.1. The van der Waals surface area contributed by atoms with Gasteiger partial charge >= 0.3 is 0 Å². The Kier molecular flexibility index (Phi) is 7.58. The van der Waals surface area contributed by atoms with E-state index in [1.54, 1.807) is 6.07 Å². The van der Waals surface area contributed by atoms with Crippen LogP contribution in [0.5, 0.6) is 0 Å². The number of benzene rings is 1. The van der Waals surface area contributed by atoms with Crippen molar-refractivity contribution in [2.75, 3.05) is 50.8 Å². The molecule has 0 unspecified atom stereocenters. The van der Waals surface area contributed by atoms with Gasteiger partial charge in [0, 0.05) is 44.9 Å². The van der Waals surface area contributed by atoms with Crippen molar-refractivity contribution in [2.45, 2.75) is 32.8 Å². The second kappa shape index (κ2) is 10.1. The summed E-state index contributed by atoms with van der Waals surface area (Å²) in [5.74, 6) is -0.212. The van der Waals surface area contributed by atoms with Gasteiger partial charge in [0.25, 0.3) is 0 Å². The molecule has 28 heavy (non-hydrogen) atoms. The fraction of sp³-hybridized carbons (Fsp3) is 0.600. The predicted molar refractivity (Wildman–Crippen MR) is 116 cm³/mol. The third-order valence-electron chi connectivity index (χ3n) is 5.37. The zero-order valence-electron chi connectivity index (χ0n) is 16.7. The first-order valence-corrected chi connectivity index (χ1v) is 10.4. The zero-order valence-corrected chi connectivity index (χ0v) is 17.5. The van der Waals surface area contributed by atoms with Crippen LogP contribution in [-0.2, 0) is 4.74 Å². The molecule has 0 spiro atoms. The van der Waals surface area contributed by atoms with Gasteiger partial charge in [-0.2, -0.15) is 5.10 Å². The Morgan fingerprint density at radius 2 is 2.11 bits per heavy atom. The molecule has 2 heterocycles. The van der Waals surface area contributed by atoms with Gasteiger partial charge in [0.2, 0.25) is 0 Å². The Labute approximate surface area is 172 Å². The first-order chi connectivity index (χ1) is 13.6. The lowest BCUT2D eigenvalue weighted by Gasteiger charge is -2.35. The fourth-order valence-corrected chi connectivity index (χ4v) is 3.67. The first-order valence-electron chi connectivity index (χ1n) is 10.0. The van der Waals surface area contributed by atoms with Crippen LogP contribution in [0.15, 0.2) is 23.3 Å². The van der Waals surface area contributed by atoms with Gasteiger partial charge in [-0.3, -0.25) is 5.43 Å². The Balaban J connectivity index is 1.53. The average Bonchev–Trinajstić information content (AvgIpc) is 3.24. The van der Waals surface area contributed by atoms with Gasteiger partial charge in [0.1, 0.15) is 5.82 Å². The molecule has 2 fully saturated rings. The molecule has 0 saturated carbocycles. The summed E-state index contributed by atoms with van der Waals surface area (Å²) in [5, 5.41) is 7.83. The van der Waals surface area contributed by atoms with Gasteiger partial charge in [-0.15, -0.1) is 0 Å². The summed E-state index contributed by atoms with van der Waals surface area (Å²) in [6.45, 7) is 10.2. The van der Waals surface area contributed by atoms with E-state index in [-0.39, 0.29) is 11.9 Å². The number of hydrogen-bond acceptors (Lipinski definition) is 5. The molecule has 1 atom stereocenters. The number of hydrazone groups is 1. The Morgan fingerprint density at radius 3 is 2.75 bits per heavy atom. The van der Waals surface area contributed by atoms with Crippen LogP contribution in [0.4, 0.5) is 10.1 Å². The van der Waals surface area contributed by atoms with E-state index in [4.69, 9.17) is 17.0 Å². The molecule has 1 aromatic rings. The van der Waals surface area contributed by atoms with E-state index in [1.165, 1.54) is 0 Å². The maximum Gasteiger partial charge on any atom is 0.187 e. The minimum atomic E-state index is -0.212. The van der Waals surface area contributed by atoms with Crippen molar-refractivity contribution in [2.24, 2.45) is 5.10 Å². The Hall–Kier alpha value is -1.77. The molecule has 2 N–H and O–H groups in total. The number of anilines is 1. The van der Waals surface area contributed by atoms with Crippen molar-refractivity contribution in [3.05, 3.63) is 29.6 Å². The molecule has 2 aliphatic heterocycles. The molecule has 3 rings (SSSR count). The van der Waals surface area contributed by atoms with Crippen LogP contribution in [0.25, 0.3) is 0 Å². The van der Waals surface area contributed by atoms with E-state index in [0.29, 0.717) is 23.1 Å². The van der Waals surface area contributed by atoms with Crippen molar-refractivity contribution in [3.63, 3.8) is 0 Å². The van der Waals surface area contributed by atoms with E-state index < -0.39 is 0 Å². The van der Waals surface area contributed by atoms with E-state index in [1.807, 2.05) is 19.1 Å². The molecule has 1 aromatic carbocycles. The van der Waals surface area contributed by atoms with Crippen LogP contribution in [0.2, 0.25) is 0 Å². The normalized spacial score (nSPS) is 21.0. The lowest BCUT2D eigenvalue weighted by molar-refractivity contribution is 0.114. The van der Waals surface area contributed by atoms with Crippen LogP contribution in [0, 0.1) is 5.82 Å². The Bertz CT molecular complexity index is 700. The minimum absolute atomic E-state index is 0.212. The van der Waals surface area contributed by atoms with Gasteiger partial charge in [-0.05, 0) is 50.7 Å². The summed E-state index contributed by atoms with van der Waals surface area (Å²) < 4.78 is 20.2. The molecule has 0 radical (unpaired) electrons. The number of thiocarbonyl (C=S) groups is 1. The predicted octanol–water partition coefficient (Wildman–Crippen LogP) is 2.33. The highest BCUT2D eigenvalue weighted by molar-refractivity contribution is 7.80. The van der Waals surface area contributed by atoms with Gasteiger partial charge in [0.15, 0.2) is 5.11 Å². The summed E-state index contributed by atoms with van der Waals surface area (Å²) in [6.07, 6.45) is 2.36. The minimum Gasteiger partial charge on any atom is -0.376 e. The van der Waals surface area contributed by atoms with Crippen LogP contribution in [0.1, 0.15) is 32.3 Å². The summed E-state index contributed by atoms with van der Waals surface area (Å²) in [4.78, 5) is 4.49. The largest absolute Gasteiger partial charge is 0.376 e.